The van der Waals surface area contributed by atoms with Gasteiger partial charge in [-0.2, -0.15) is 0 Å². The molecule has 1 fully saturated rings. The fraction of sp³-hybridized carbons (Fsp3) is 0.917. The minimum atomic E-state index is -0.833. The van der Waals surface area contributed by atoms with Gasteiger partial charge < -0.3 is 15.3 Å². The summed E-state index contributed by atoms with van der Waals surface area (Å²) in [6.45, 7) is 5.22. The van der Waals surface area contributed by atoms with Gasteiger partial charge in [-0.15, -0.1) is 0 Å². The van der Waals surface area contributed by atoms with Gasteiger partial charge in [-0.25, -0.2) is 0 Å². The Morgan fingerprint density at radius 1 is 1.25 bits per heavy atom. The van der Waals surface area contributed by atoms with Crippen molar-refractivity contribution < 1.29 is 20.1 Å². The molecule has 4 atom stereocenters. The lowest BCUT2D eigenvalue weighted by Gasteiger charge is -2.35. The third kappa shape index (κ3) is 5.47. The van der Waals surface area contributed by atoms with Gasteiger partial charge in [0.15, 0.2) is 0 Å². The topological polar surface area (TPSA) is 77.8 Å². The van der Waals surface area contributed by atoms with Crippen LogP contribution in [0.2, 0.25) is 0 Å². The SMILES string of the molecule is CC(=O)O.CCCC1CCC(C)C(O)C1O. The molecule has 1 aliphatic carbocycles. The van der Waals surface area contributed by atoms with E-state index in [2.05, 4.69) is 6.92 Å². The molecule has 0 amide bonds. The van der Waals surface area contributed by atoms with Gasteiger partial charge in [0.1, 0.15) is 0 Å². The Morgan fingerprint density at radius 2 is 1.75 bits per heavy atom. The van der Waals surface area contributed by atoms with Crippen LogP contribution < -0.4 is 0 Å². The molecule has 0 bridgehead atoms. The second-order valence-corrected chi connectivity index (χ2v) is 4.60. The normalized spacial score (nSPS) is 33.8. The molecule has 4 nitrogen and oxygen atoms in total. The maximum Gasteiger partial charge on any atom is 0.300 e. The minimum Gasteiger partial charge on any atom is -0.481 e. The van der Waals surface area contributed by atoms with Gasteiger partial charge in [-0.3, -0.25) is 4.79 Å². The van der Waals surface area contributed by atoms with Gasteiger partial charge in [-0.05, 0) is 31.1 Å². The van der Waals surface area contributed by atoms with Crippen LogP contribution in [-0.2, 0) is 4.79 Å². The molecule has 3 N–H and O–H groups in total. The number of hydrogen-bond donors (Lipinski definition) is 3. The van der Waals surface area contributed by atoms with E-state index in [1.165, 1.54) is 0 Å². The molecule has 96 valence electrons. The summed E-state index contributed by atoms with van der Waals surface area (Å²) in [6.07, 6.45) is 3.31. The van der Waals surface area contributed by atoms with Gasteiger partial charge in [-0.1, -0.05) is 20.3 Å². The maximum absolute atomic E-state index is 9.69. The summed E-state index contributed by atoms with van der Waals surface area (Å²) in [5.41, 5.74) is 0. The van der Waals surface area contributed by atoms with Gasteiger partial charge in [0.05, 0.1) is 12.2 Å². The van der Waals surface area contributed by atoms with Crippen LogP contribution in [0, 0.1) is 11.8 Å². The van der Waals surface area contributed by atoms with Crippen LogP contribution in [0.15, 0.2) is 0 Å². The number of rotatable bonds is 2. The lowest BCUT2D eigenvalue weighted by molar-refractivity contribution is -0.134. The minimum absolute atomic E-state index is 0.271. The third-order valence-electron chi connectivity index (χ3n) is 3.07. The fourth-order valence-corrected chi connectivity index (χ4v) is 2.12. The molecule has 1 rings (SSSR count). The predicted molar refractivity (Wildman–Crippen MR) is 62.1 cm³/mol. The molecule has 0 heterocycles. The molecule has 0 aromatic heterocycles. The van der Waals surface area contributed by atoms with Gasteiger partial charge in [0.2, 0.25) is 0 Å². The van der Waals surface area contributed by atoms with Gasteiger partial charge in [0, 0.05) is 6.92 Å². The quantitative estimate of drug-likeness (QED) is 0.676. The lowest BCUT2D eigenvalue weighted by Crippen LogP contribution is -2.42. The number of aliphatic hydroxyl groups is 2. The van der Waals surface area contributed by atoms with Crippen molar-refractivity contribution in [1.82, 2.24) is 0 Å². The first-order valence-electron chi connectivity index (χ1n) is 5.95. The summed E-state index contributed by atoms with van der Waals surface area (Å²) >= 11 is 0. The molecular weight excluding hydrogens is 208 g/mol. The van der Waals surface area contributed by atoms with Gasteiger partial charge in [0.25, 0.3) is 5.97 Å². The summed E-state index contributed by atoms with van der Waals surface area (Å²) in [4.78, 5) is 9.00. The molecule has 4 unspecified atom stereocenters. The van der Waals surface area contributed by atoms with Crippen LogP contribution in [0.25, 0.3) is 0 Å². The van der Waals surface area contributed by atoms with Crippen LogP contribution in [0.3, 0.4) is 0 Å². The molecule has 0 saturated heterocycles. The standard InChI is InChI=1S/C10H20O2.C2H4O2/c1-3-4-8-6-5-7(2)9(11)10(8)12;1-2(3)4/h7-12H,3-6H2,1-2H3;1H3,(H,3,4). The zero-order chi connectivity index (χ0) is 12.7. The van der Waals surface area contributed by atoms with Crippen LogP contribution in [0.1, 0.15) is 46.5 Å². The summed E-state index contributed by atoms with van der Waals surface area (Å²) in [5, 5.41) is 26.7. The molecule has 1 saturated carbocycles. The zero-order valence-electron chi connectivity index (χ0n) is 10.4. The Labute approximate surface area is 97.3 Å². The van der Waals surface area contributed by atoms with Crippen molar-refractivity contribution in [1.29, 1.82) is 0 Å². The van der Waals surface area contributed by atoms with E-state index < -0.39 is 18.2 Å². The van der Waals surface area contributed by atoms with Crippen molar-refractivity contribution in [2.24, 2.45) is 11.8 Å². The Bertz CT molecular complexity index is 201. The average molecular weight is 232 g/mol. The number of carboxylic acid groups (broad SMARTS) is 1. The molecule has 16 heavy (non-hydrogen) atoms. The van der Waals surface area contributed by atoms with Crippen molar-refractivity contribution in [3.8, 4) is 0 Å². The van der Waals surface area contributed by atoms with E-state index in [0.29, 0.717) is 5.92 Å². The first kappa shape index (κ1) is 15.4. The van der Waals surface area contributed by atoms with Crippen molar-refractivity contribution in [3.63, 3.8) is 0 Å². The first-order chi connectivity index (χ1) is 7.40. The molecule has 1 aliphatic rings. The summed E-state index contributed by atoms with van der Waals surface area (Å²) < 4.78 is 0. The van der Waals surface area contributed by atoms with E-state index in [-0.39, 0.29) is 5.92 Å². The Kier molecular flexibility index (Phi) is 7.34. The highest BCUT2D eigenvalue weighted by molar-refractivity contribution is 5.62. The number of aliphatic carboxylic acids is 1. The molecular formula is C12H24O4. The fourth-order valence-electron chi connectivity index (χ4n) is 2.12. The zero-order valence-corrected chi connectivity index (χ0v) is 10.4. The number of aliphatic hydroxyl groups excluding tert-OH is 2. The van der Waals surface area contributed by atoms with Crippen molar-refractivity contribution in [2.45, 2.75) is 58.7 Å². The summed E-state index contributed by atoms with van der Waals surface area (Å²) in [7, 11) is 0. The highest BCUT2D eigenvalue weighted by Gasteiger charge is 2.34. The van der Waals surface area contributed by atoms with E-state index in [0.717, 1.165) is 32.6 Å². The highest BCUT2D eigenvalue weighted by atomic mass is 16.4. The second-order valence-electron chi connectivity index (χ2n) is 4.60. The molecule has 4 heteroatoms. The van der Waals surface area contributed by atoms with Crippen molar-refractivity contribution in [3.05, 3.63) is 0 Å². The van der Waals surface area contributed by atoms with Crippen LogP contribution in [-0.4, -0.2) is 33.5 Å². The average Bonchev–Trinajstić information content (AvgIpc) is 2.18. The van der Waals surface area contributed by atoms with E-state index in [4.69, 9.17) is 9.90 Å². The first-order valence-corrected chi connectivity index (χ1v) is 5.95. The molecule has 0 radical (unpaired) electrons. The summed E-state index contributed by atoms with van der Waals surface area (Å²) in [5.74, 6) is -0.227. The molecule has 0 aromatic rings. The third-order valence-corrected chi connectivity index (χ3v) is 3.07. The Morgan fingerprint density at radius 3 is 2.19 bits per heavy atom. The van der Waals surface area contributed by atoms with Crippen molar-refractivity contribution >= 4 is 5.97 Å². The summed E-state index contributed by atoms with van der Waals surface area (Å²) in [6, 6.07) is 0. The number of hydrogen-bond acceptors (Lipinski definition) is 3. The smallest absolute Gasteiger partial charge is 0.300 e. The van der Waals surface area contributed by atoms with Gasteiger partial charge >= 0.3 is 0 Å². The van der Waals surface area contributed by atoms with Crippen LogP contribution in [0.4, 0.5) is 0 Å². The van der Waals surface area contributed by atoms with E-state index in [1.807, 2.05) is 6.92 Å². The largest absolute Gasteiger partial charge is 0.481 e. The predicted octanol–water partition coefficient (Wildman–Crippen LogP) is 1.65. The lowest BCUT2D eigenvalue weighted by atomic mass is 9.77. The monoisotopic (exact) mass is 232 g/mol. The Hall–Kier alpha value is -0.610. The Balaban J connectivity index is 0.000000487. The number of carbonyl (C=O) groups is 1. The van der Waals surface area contributed by atoms with E-state index >= 15 is 0 Å². The molecule has 0 aliphatic heterocycles. The molecule has 0 aromatic carbocycles. The highest BCUT2D eigenvalue weighted by Crippen LogP contribution is 2.31. The van der Waals surface area contributed by atoms with Crippen LogP contribution in [0.5, 0.6) is 0 Å². The number of carboxylic acids is 1. The second kappa shape index (κ2) is 7.63. The van der Waals surface area contributed by atoms with Crippen LogP contribution >= 0.6 is 0 Å². The van der Waals surface area contributed by atoms with Crippen molar-refractivity contribution in [2.75, 3.05) is 0 Å². The van der Waals surface area contributed by atoms with E-state index in [9.17, 15) is 10.2 Å². The molecule has 0 spiro atoms. The maximum atomic E-state index is 9.69. The van der Waals surface area contributed by atoms with E-state index in [1.54, 1.807) is 0 Å².